The number of nitrogens with one attached hydrogen (secondary N) is 1. The van der Waals surface area contributed by atoms with Crippen molar-refractivity contribution >= 4 is 5.97 Å². The van der Waals surface area contributed by atoms with Crippen LogP contribution in [0, 0.1) is 23.2 Å². The van der Waals surface area contributed by atoms with Crippen LogP contribution in [0.25, 0.3) is 0 Å². The third-order valence-corrected chi connectivity index (χ3v) is 8.32. The molecule has 0 radical (unpaired) electrons. The topological polar surface area (TPSA) is 69.3 Å². The van der Waals surface area contributed by atoms with Crippen LogP contribution in [0.2, 0.25) is 0 Å². The number of epoxide rings is 1. The first-order valence-corrected chi connectivity index (χ1v) is 11.0. The largest absolute Gasteiger partial charge is 0.462 e. The zero-order chi connectivity index (χ0) is 19.8. The molecular weight excluding hydrogens is 370 g/mol. The SMILES string of the molecule is C[C@@H]1CCC[C@@]2(C)C[C@H]3OC(=O)[C@@H](CNCc4ccc5c(c4)OCO5)[C@@H]3[C@@H]3O[C@]132. The second-order valence-corrected chi connectivity index (χ2v) is 9.87. The van der Waals surface area contributed by atoms with E-state index < -0.39 is 0 Å². The Hall–Kier alpha value is -1.79. The average molecular weight is 399 g/mol. The molecule has 1 aromatic carbocycles. The quantitative estimate of drug-likeness (QED) is 0.620. The van der Waals surface area contributed by atoms with Crippen LogP contribution in [-0.4, -0.2) is 37.1 Å². The highest BCUT2D eigenvalue weighted by atomic mass is 16.7. The van der Waals surface area contributed by atoms with Gasteiger partial charge < -0.3 is 24.3 Å². The van der Waals surface area contributed by atoms with E-state index in [2.05, 4.69) is 19.2 Å². The lowest BCUT2D eigenvalue weighted by Gasteiger charge is -2.48. The summed E-state index contributed by atoms with van der Waals surface area (Å²) < 4.78 is 23.2. The Bertz CT molecular complexity index is 858. The van der Waals surface area contributed by atoms with E-state index in [1.165, 1.54) is 19.3 Å². The van der Waals surface area contributed by atoms with Crippen molar-refractivity contribution in [1.82, 2.24) is 5.32 Å². The summed E-state index contributed by atoms with van der Waals surface area (Å²) in [6, 6.07) is 5.97. The first-order chi connectivity index (χ1) is 14.0. The van der Waals surface area contributed by atoms with Gasteiger partial charge in [0.15, 0.2) is 11.5 Å². The summed E-state index contributed by atoms with van der Waals surface area (Å²) in [6.07, 6.45) is 4.79. The molecule has 0 unspecified atom stereocenters. The molecule has 6 nitrogen and oxygen atoms in total. The smallest absolute Gasteiger partial charge is 0.311 e. The van der Waals surface area contributed by atoms with Crippen molar-refractivity contribution in [2.45, 2.75) is 63.9 Å². The molecule has 29 heavy (non-hydrogen) atoms. The van der Waals surface area contributed by atoms with Crippen molar-refractivity contribution in [2.75, 3.05) is 13.3 Å². The second kappa shape index (κ2) is 6.11. The number of ether oxygens (including phenoxy) is 4. The molecule has 156 valence electrons. The lowest BCUT2D eigenvalue weighted by molar-refractivity contribution is -0.146. The lowest BCUT2D eigenvalue weighted by atomic mass is 9.53. The van der Waals surface area contributed by atoms with Crippen molar-refractivity contribution in [3.63, 3.8) is 0 Å². The number of benzene rings is 1. The minimum Gasteiger partial charge on any atom is -0.462 e. The molecule has 1 spiro atoms. The van der Waals surface area contributed by atoms with E-state index >= 15 is 0 Å². The molecule has 3 aliphatic heterocycles. The van der Waals surface area contributed by atoms with Crippen molar-refractivity contribution in [2.24, 2.45) is 23.2 Å². The van der Waals surface area contributed by atoms with E-state index in [1.54, 1.807) is 0 Å². The van der Waals surface area contributed by atoms with E-state index in [0.29, 0.717) is 19.0 Å². The fourth-order valence-corrected chi connectivity index (χ4v) is 6.89. The number of rotatable bonds is 4. The molecule has 5 aliphatic rings. The van der Waals surface area contributed by atoms with Crippen molar-refractivity contribution in [3.8, 4) is 11.5 Å². The van der Waals surface area contributed by atoms with Crippen LogP contribution in [0.1, 0.15) is 45.1 Å². The van der Waals surface area contributed by atoms with Crippen molar-refractivity contribution in [1.29, 1.82) is 0 Å². The van der Waals surface area contributed by atoms with Crippen LogP contribution in [0.4, 0.5) is 0 Å². The molecule has 2 saturated heterocycles. The predicted octanol–water partition coefficient (Wildman–Crippen LogP) is 3.03. The Balaban J connectivity index is 1.16. The first-order valence-electron chi connectivity index (χ1n) is 11.0. The van der Waals surface area contributed by atoms with Gasteiger partial charge in [-0.2, -0.15) is 0 Å². The summed E-state index contributed by atoms with van der Waals surface area (Å²) in [4.78, 5) is 12.7. The molecule has 0 amide bonds. The van der Waals surface area contributed by atoms with Gasteiger partial charge in [-0.15, -0.1) is 0 Å². The van der Waals surface area contributed by atoms with Crippen LogP contribution in [0.5, 0.6) is 11.5 Å². The molecule has 2 saturated carbocycles. The Labute approximate surface area is 171 Å². The highest BCUT2D eigenvalue weighted by Crippen LogP contribution is 2.70. The van der Waals surface area contributed by atoms with Gasteiger partial charge in [0, 0.05) is 24.4 Å². The average Bonchev–Trinajstić information content (AvgIpc) is 3.15. The maximum atomic E-state index is 12.7. The predicted molar refractivity (Wildman–Crippen MR) is 104 cm³/mol. The van der Waals surface area contributed by atoms with E-state index in [1.807, 2.05) is 18.2 Å². The highest BCUT2D eigenvalue weighted by Gasteiger charge is 2.78. The Kier molecular flexibility index (Phi) is 3.80. The lowest BCUT2D eigenvalue weighted by Crippen LogP contribution is -2.54. The van der Waals surface area contributed by atoms with Gasteiger partial charge in [-0.1, -0.05) is 26.3 Å². The Morgan fingerprint density at radius 2 is 2.10 bits per heavy atom. The van der Waals surface area contributed by atoms with Crippen LogP contribution in [-0.2, 0) is 20.8 Å². The van der Waals surface area contributed by atoms with Gasteiger partial charge in [-0.3, -0.25) is 4.79 Å². The number of carbonyl (C=O) groups is 1. The van der Waals surface area contributed by atoms with Crippen LogP contribution < -0.4 is 14.8 Å². The standard InChI is InChI=1S/C23H29NO5/c1-13-4-3-7-22(2)9-18-19(20-23(13,22)29-20)15(21(25)28-18)11-24-10-14-5-6-16-17(8-14)27-12-26-16/h5-6,8,13,15,18-20,24H,3-4,7,9-12H2,1-2H3/t13-,15+,18-,19+,20+,22+,23-/m1/s1. The Morgan fingerprint density at radius 3 is 3.00 bits per heavy atom. The third-order valence-electron chi connectivity index (χ3n) is 8.32. The fourth-order valence-electron chi connectivity index (χ4n) is 6.89. The summed E-state index contributed by atoms with van der Waals surface area (Å²) in [7, 11) is 0. The molecule has 1 aromatic rings. The van der Waals surface area contributed by atoms with E-state index in [0.717, 1.165) is 23.5 Å². The van der Waals surface area contributed by atoms with Crippen molar-refractivity contribution < 1.29 is 23.7 Å². The van der Waals surface area contributed by atoms with Crippen LogP contribution in [0.15, 0.2) is 18.2 Å². The van der Waals surface area contributed by atoms with Crippen molar-refractivity contribution in [3.05, 3.63) is 23.8 Å². The van der Waals surface area contributed by atoms with Crippen LogP contribution >= 0.6 is 0 Å². The molecule has 0 bridgehead atoms. The molecule has 1 N–H and O–H groups in total. The fraction of sp³-hybridized carbons (Fsp3) is 0.696. The first kappa shape index (κ1) is 18.0. The summed E-state index contributed by atoms with van der Waals surface area (Å²) in [5.41, 5.74) is 1.23. The zero-order valence-electron chi connectivity index (χ0n) is 17.1. The molecule has 6 rings (SSSR count). The number of fused-ring (bicyclic) bond motifs is 3. The number of hydrogen-bond donors (Lipinski definition) is 1. The zero-order valence-corrected chi connectivity index (χ0v) is 17.1. The molecular formula is C23H29NO5. The summed E-state index contributed by atoms with van der Waals surface area (Å²) in [5.74, 6) is 2.14. The molecule has 4 fully saturated rings. The minimum atomic E-state index is -0.128. The molecule has 0 aromatic heterocycles. The maximum absolute atomic E-state index is 12.7. The van der Waals surface area contributed by atoms with E-state index in [-0.39, 0.29) is 47.8 Å². The summed E-state index contributed by atoms with van der Waals surface area (Å²) in [6.45, 7) is 6.28. The van der Waals surface area contributed by atoms with Gasteiger partial charge in [0.2, 0.25) is 6.79 Å². The van der Waals surface area contributed by atoms with Gasteiger partial charge in [-0.05, 0) is 42.9 Å². The van der Waals surface area contributed by atoms with E-state index in [9.17, 15) is 4.79 Å². The number of carbonyl (C=O) groups excluding carboxylic acids is 1. The van der Waals surface area contributed by atoms with Gasteiger partial charge in [0.25, 0.3) is 0 Å². The summed E-state index contributed by atoms with van der Waals surface area (Å²) >= 11 is 0. The minimum absolute atomic E-state index is 0.00997. The molecule has 6 heteroatoms. The summed E-state index contributed by atoms with van der Waals surface area (Å²) in [5, 5.41) is 3.48. The normalized spacial score (nSPS) is 43.9. The number of esters is 1. The van der Waals surface area contributed by atoms with Gasteiger partial charge in [0.05, 0.1) is 12.0 Å². The van der Waals surface area contributed by atoms with Crippen LogP contribution in [0.3, 0.4) is 0 Å². The third kappa shape index (κ3) is 2.45. The molecule has 7 atom stereocenters. The molecule has 2 aliphatic carbocycles. The maximum Gasteiger partial charge on any atom is 0.311 e. The van der Waals surface area contributed by atoms with E-state index in [4.69, 9.17) is 18.9 Å². The van der Waals surface area contributed by atoms with Gasteiger partial charge in [-0.25, -0.2) is 0 Å². The second-order valence-electron chi connectivity index (χ2n) is 9.87. The molecule has 3 heterocycles. The Morgan fingerprint density at radius 1 is 1.24 bits per heavy atom. The highest BCUT2D eigenvalue weighted by molar-refractivity contribution is 5.76. The van der Waals surface area contributed by atoms with Gasteiger partial charge >= 0.3 is 5.97 Å². The van der Waals surface area contributed by atoms with Gasteiger partial charge in [0.1, 0.15) is 11.7 Å². The monoisotopic (exact) mass is 399 g/mol. The number of hydrogen-bond acceptors (Lipinski definition) is 6.